The zero-order chi connectivity index (χ0) is 23.7. The Bertz CT molecular complexity index is 624. The normalized spacial score (nSPS) is 18.6. The van der Waals surface area contributed by atoms with Gasteiger partial charge in [0.25, 0.3) is 0 Å². The van der Waals surface area contributed by atoms with E-state index in [4.69, 9.17) is 0 Å². The van der Waals surface area contributed by atoms with Gasteiger partial charge >= 0.3 is 0 Å². The third kappa shape index (κ3) is 10.8. The third-order valence-corrected chi connectivity index (χ3v) is 12.7. The van der Waals surface area contributed by atoms with Crippen molar-refractivity contribution in [1.29, 1.82) is 0 Å². The number of rotatable bonds is 16. The molecule has 1 aromatic rings. The summed E-state index contributed by atoms with van der Waals surface area (Å²) in [4.78, 5) is 1.62. The Balaban J connectivity index is 1.52. The van der Waals surface area contributed by atoms with Gasteiger partial charge in [-0.3, -0.25) is 0 Å². The molecule has 2 aliphatic rings. The molecule has 192 valence electrons. The first-order valence-corrected chi connectivity index (χ1v) is 17.6. The molecule has 2 heteroatoms. The van der Waals surface area contributed by atoms with E-state index in [2.05, 4.69) is 54.8 Å². The van der Waals surface area contributed by atoms with Gasteiger partial charge in [0.15, 0.2) is 0 Å². The molecule has 2 aliphatic carbocycles. The first-order chi connectivity index (χ1) is 16.9. The molecular weight excluding hydrogens is 447 g/mol. The van der Waals surface area contributed by atoms with Gasteiger partial charge in [0, 0.05) is 4.91 Å². The second-order valence-electron chi connectivity index (χ2n) is 10.9. The SMILES string of the molecule is CCCCCCCCCCCCS/C(=C\P(C1CCCCC1)C1CCCCC1)c1ccccc1. The largest absolute Gasteiger partial charge is 0.125 e. The van der Waals surface area contributed by atoms with Crippen molar-refractivity contribution in [3.63, 3.8) is 0 Å². The van der Waals surface area contributed by atoms with Gasteiger partial charge < -0.3 is 0 Å². The smallest absolute Gasteiger partial charge is 0.0149 e. The van der Waals surface area contributed by atoms with E-state index in [1.165, 1.54) is 140 Å². The highest BCUT2D eigenvalue weighted by Gasteiger charge is 2.30. The zero-order valence-corrected chi connectivity index (χ0v) is 24.0. The summed E-state index contributed by atoms with van der Waals surface area (Å²) in [5.41, 5.74) is 3.49. The van der Waals surface area contributed by atoms with E-state index >= 15 is 0 Å². The molecule has 0 saturated heterocycles. The molecule has 0 nitrogen and oxygen atoms in total. The van der Waals surface area contributed by atoms with Crippen LogP contribution in [0.4, 0.5) is 0 Å². The van der Waals surface area contributed by atoms with Gasteiger partial charge in [0.2, 0.25) is 0 Å². The number of hydrogen-bond acceptors (Lipinski definition) is 1. The Morgan fingerprint density at radius 1 is 0.706 bits per heavy atom. The van der Waals surface area contributed by atoms with Crippen LogP contribution >= 0.6 is 19.7 Å². The van der Waals surface area contributed by atoms with Crippen molar-refractivity contribution in [3.05, 3.63) is 41.7 Å². The Kier molecular flexibility index (Phi) is 15.0. The zero-order valence-electron chi connectivity index (χ0n) is 22.3. The summed E-state index contributed by atoms with van der Waals surface area (Å²) in [6.07, 6.45) is 29.2. The summed E-state index contributed by atoms with van der Waals surface area (Å²) in [6, 6.07) is 11.4. The van der Waals surface area contributed by atoms with Crippen LogP contribution in [0.15, 0.2) is 36.1 Å². The van der Waals surface area contributed by atoms with E-state index in [1.807, 2.05) is 0 Å². The second kappa shape index (κ2) is 18.1. The molecule has 2 fully saturated rings. The van der Waals surface area contributed by atoms with Crippen molar-refractivity contribution in [2.75, 3.05) is 5.75 Å². The predicted octanol–water partition coefficient (Wildman–Crippen LogP) is 11.8. The first-order valence-electron chi connectivity index (χ1n) is 15.1. The van der Waals surface area contributed by atoms with E-state index in [0.717, 1.165) is 11.3 Å². The van der Waals surface area contributed by atoms with Gasteiger partial charge in [-0.15, -0.1) is 11.8 Å². The Morgan fingerprint density at radius 2 is 1.21 bits per heavy atom. The van der Waals surface area contributed by atoms with Crippen molar-refractivity contribution < 1.29 is 0 Å². The van der Waals surface area contributed by atoms with Crippen molar-refractivity contribution in [2.45, 2.75) is 147 Å². The highest BCUT2D eigenvalue weighted by molar-refractivity contribution is 8.08. The Hall–Kier alpha value is -0.260. The van der Waals surface area contributed by atoms with E-state index in [1.54, 1.807) is 4.91 Å². The lowest BCUT2D eigenvalue weighted by Crippen LogP contribution is -2.19. The molecule has 0 bridgehead atoms. The van der Waals surface area contributed by atoms with E-state index in [0.29, 0.717) is 0 Å². The van der Waals surface area contributed by atoms with Gasteiger partial charge in [-0.2, -0.15) is 0 Å². The van der Waals surface area contributed by atoms with Crippen molar-refractivity contribution >= 4 is 24.6 Å². The molecule has 0 spiro atoms. The summed E-state index contributed by atoms with van der Waals surface area (Å²) in [5, 5.41) is 0. The predicted molar refractivity (Wildman–Crippen MR) is 159 cm³/mol. The second-order valence-corrected chi connectivity index (χ2v) is 14.7. The lowest BCUT2D eigenvalue weighted by molar-refractivity contribution is 0.486. The fourth-order valence-corrected chi connectivity index (χ4v) is 10.9. The molecule has 0 amide bonds. The average molecular weight is 501 g/mol. The molecule has 0 heterocycles. The van der Waals surface area contributed by atoms with Crippen LogP contribution in [-0.4, -0.2) is 17.1 Å². The maximum atomic E-state index is 2.86. The highest BCUT2D eigenvalue weighted by atomic mass is 32.2. The van der Waals surface area contributed by atoms with Crippen molar-refractivity contribution in [3.8, 4) is 0 Å². The summed E-state index contributed by atoms with van der Waals surface area (Å²) in [5.74, 6) is 4.16. The lowest BCUT2D eigenvalue weighted by Gasteiger charge is -2.37. The summed E-state index contributed by atoms with van der Waals surface area (Å²) in [7, 11) is 0.0179. The van der Waals surface area contributed by atoms with Gasteiger partial charge in [0.05, 0.1) is 0 Å². The molecule has 0 aliphatic heterocycles. The lowest BCUT2D eigenvalue weighted by atomic mass is 9.99. The quantitative estimate of drug-likeness (QED) is 0.161. The maximum Gasteiger partial charge on any atom is 0.0149 e. The van der Waals surface area contributed by atoms with Gasteiger partial charge in [0.1, 0.15) is 0 Å². The maximum absolute atomic E-state index is 2.86. The van der Waals surface area contributed by atoms with Crippen LogP contribution in [-0.2, 0) is 0 Å². The summed E-state index contributed by atoms with van der Waals surface area (Å²) in [6.45, 7) is 2.31. The minimum Gasteiger partial charge on any atom is -0.125 e. The summed E-state index contributed by atoms with van der Waals surface area (Å²) >= 11 is 2.19. The molecule has 0 unspecified atom stereocenters. The molecule has 0 N–H and O–H groups in total. The summed E-state index contributed by atoms with van der Waals surface area (Å²) < 4.78 is 0. The van der Waals surface area contributed by atoms with Crippen molar-refractivity contribution in [1.82, 2.24) is 0 Å². The molecule has 2 saturated carbocycles. The topological polar surface area (TPSA) is 0 Å². The molecule has 0 atom stereocenters. The molecule has 0 aromatic heterocycles. The van der Waals surface area contributed by atoms with Crippen LogP contribution in [0.1, 0.15) is 141 Å². The monoisotopic (exact) mass is 500 g/mol. The van der Waals surface area contributed by atoms with Crippen LogP contribution < -0.4 is 0 Å². The third-order valence-electron chi connectivity index (χ3n) is 8.07. The molecule has 3 rings (SSSR count). The van der Waals surface area contributed by atoms with Crippen LogP contribution in [0, 0.1) is 0 Å². The molecule has 34 heavy (non-hydrogen) atoms. The fraction of sp³-hybridized carbons (Fsp3) is 0.750. The Labute approximate surface area is 218 Å². The van der Waals surface area contributed by atoms with Crippen LogP contribution in [0.3, 0.4) is 0 Å². The van der Waals surface area contributed by atoms with Crippen LogP contribution in [0.5, 0.6) is 0 Å². The first kappa shape index (κ1) is 28.3. The number of unbranched alkanes of at least 4 members (excludes halogenated alkanes) is 9. The number of thioether (sulfide) groups is 1. The standard InChI is InChI=1S/C32H53PS/c1-2-3-4-5-6-7-8-9-10-20-27-34-32(29-21-14-11-15-22-29)28-33(30-23-16-12-17-24-30)31-25-18-13-19-26-31/h11,14-15,21-22,28,30-31H,2-10,12-13,16-20,23-27H2,1H3/b32-28-. The number of benzene rings is 1. The number of hydrogen-bond donors (Lipinski definition) is 0. The molecule has 1 aromatic carbocycles. The highest BCUT2D eigenvalue weighted by Crippen LogP contribution is 2.58. The Morgan fingerprint density at radius 3 is 1.74 bits per heavy atom. The fourth-order valence-electron chi connectivity index (χ4n) is 5.97. The van der Waals surface area contributed by atoms with E-state index in [-0.39, 0.29) is 7.92 Å². The minimum atomic E-state index is 0.0179. The van der Waals surface area contributed by atoms with Gasteiger partial charge in [-0.1, -0.05) is 141 Å². The van der Waals surface area contributed by atoms with Crippen LogP contribution in [0.2, 0.25) is 0 Å². The van der Waals surface area contributed by atoms with E-state index < -0.39 is 0 Å². The minimum absolute atomic E-state index is 0.0179. The van der Waals surface area contributed by atoms with Gasteiger partial charge in [-0.25, -0.2) is 0 Å². The van der Waals surface area contributed by atoms with Gasteiger partial charge in [-0.05, 0) is 60.6 Å². The van der Waals surface area contributed by atoms with Crippen LogP contribution in [0.25, 0.3) is 4.91 Å². The average Bonchev–Trinajstić information content (AvgIpc) is 2.90. The molecular formula is C32H53PS. The van der Waals surface area contributed by atoms with E-state index in [9.17, 15) is 0 Å². The van der Waals surface area contributed by atoms with Crippen molar-refractivity contribution in [2.24, 2.45) is 0 Å². The molecule has 0 radical (unpaired) electrons.